The average Bonchev–Trinajstić information content (AvgIpc) is 2.49. The molecule has 1 N–H and O–H groups in total. The van der Waals surface area contributed by atoms with Crippen LogP contribution in [0.25, 0.3) is 0 Å². The highest BCUT2D eigenvalue weighted by atomic mass is 16.5. The molecule has 1 rings (SSSR count). The first-order valence-corrected chi connectivity index (χ1v) is 8.00. The van der Waals surface area contributed by atoms with E-state index in [0.717, 1.165) is 31.6 Å². The van der Waals surface area contributed by atoms with Gasteiger partial charge in [0.05, 0.1) is 19.3 Å². The van der Waals surface area contributed by atoms with Gasteiger partial charge in [0.1, 0.15) is 5.75 Å². The summed E-state index contributed by atoms with van der Waals surface area (Å²) in [4.78, 5) is 0. The molecule has 1 aromatic rings. The molecule has 2 unspecified atom stereocenters. The predicted octanol–water partition coefficient (Wildman–Crippen LogP) is 4.17. The van der Waals surface area contributed by atoms with Crippen LogP contribution >= 0.6 is 0 Å². The SMILES string of the molecule is CCCNC(c1ccc(C)c(C)c1OC)C(CCC)OC. The molecular formula is C18H31NO2. The van der Waals surface area contributed by atoms with Gasteiger partial charge < -0.3 is 14.8 Å². The van der Waals surface area contributed by atoms with Crippen LogP contribution in [-0.2, 0) is 4.74 Å². The van der Waals surface area contributed by atoms with E-state index in [0.29, 0.717) is 0 Å². The van der Waals surface area contributed by atoms with Gasteiger partial charge in [-0.05, 0) is 44.4 Å². The summed E-state index contributed by atoms with van der Waals surface area (Å²) in [5.74, 6) is 0.988. The van der Waals surface area contributed by atoms with Crippen molar-refractivity contribution in [2.24, 2.45) is 0 Å². The van der Waals surface area contributed by atoms with Crippen LogP contribution < -0.4 is 10.1 Å². The van der Waals surface area contributed by atoms with E-state index < -0.39 is 0 Å². The van der Waals surface area contributed by atoms with Crippen molar-refractivity contribution in [1.82, 2.24) is 5.32 Å². The van der Waals surface area contributed by atoms with Crippen LogP contribution in [0.3, 0.4) is 0 Å². The molecule has 0 aliphatic rings. The zero-order valence-corrected chi connectivity index (χ0v) is 14.5. The smallest absolute Gasteiger partial charge is 0.126 e. The number of methoxy groups -OCH3 is 2. The third-order valence-electron chi connectivity index (χ3n) is 4.11. The standard InChI is InChI=1S/C18H31NO2/c1-7-9-16(20-5)17(19-12-8-2)15-11-10-13(3)14(4)18(15)21-6/h10-11,16-17,19H,7-9,12H2,1-6H3. The zero-order valence-electron chi connectivity index (χ0n) is 14.5. The van der Waals surface area contributed by atoms with Gasteiger partial charge in [-0.3, -0.25) is 0 Å². The lowest BCUT2D eigenvalue weighted by Gasteiger charge is -2.29. The molecule has 0 amide bonds. The molecular weight excluding hydrogens is 262 g/mol. The third-order valence-corrected chi connectivity index (χ3v) is 4.11. The second-order valence-corrected chi connectivity index (χ2v) is 5.62. The molecule has 0 saturated carbocycles. The van der Waals surface area contributed by atoms with Gasteiger partial charge in [0, 0.05) is 12.7 Å². The average molecular weight is 293 g/mol. The van der Waals surface area contributed by atoms with Crippen molar-refractivity contribution in [2.75, 3.05) is 20.8 Å². The van der Waals surface area contributed by atoms with Gasteiger partial charge in [0.2, 0.25) is 0 Å². The molecule has 0 aliphatic carbocycles. The summed E-state index contributed by atoms with van der Waals surface area (Å²) in [6.07, 6.45) is 3.41. The maximum absolute atomic E-state index is 5.76. The fraction of sp³-hybridized carbons (Fsp3) is 0.667. The summed E-state index contributed by atoms with van der Waals surface area (Å²) in [6, 6.07) is 4.52. The van der Waals surface area contributed by atoms with Crippen LogP contribution in [0.4, 0.5) is 0 Å². The van der Waals surface area contributed by atoms with E-state index in [1.807, 2.05) is 0 Å². The Hall–Kier alpha value is -1.06. The van der Waals surface area contributed by atoms with Gasteiger partial charge in [-0.25, -0.2) is 0 Å². The number of ether oxygens (including phenoxy) is 2. The van der Waals surface area contributed by atoms with Gasteiger partial charge in [-0.1, -0.05) is 32.4 Å². The second kappa shape index (κ2) is 9.06. The normalized spacial score (nSPS) is 14.0. The number of hydrogen-bond donors (Lipinski definition) is 1. The summed E-state index contributed by atoms with van der Waals surface area (Å²) in [7, 11) is 3.55. The molecule has 0 heterocycles. The zero-order chi connectivity index (χ0) is 15.8. The Balaban J connectivity index is 3.21. The van der Waals surface area contributed by atoms with E-state index in [-0.39, 0.29) is 12.1 Å². The Labute approximate surface area is 130 Å². The summed E-state index contributed by atoms with van der Waals surface area (Å²) in [6.45, 7) is 9.60. The predicted molar refractivity (Wildman–Crippen MR) is 89.2 cm³/mol. The van der Waals surface area contributed by atoms with Crippen LogP contribution in [-0.4, -0.2) is 26.9 Å². The van der Waals surface area contributed by atoms with E-state index in [1.54, 1.807) is 14.2 Å². The number of rotatable bonds is 9. The minimum atomic E-state index is 0.164. The van der Waals surface area contributed by atoms with Crippen LogP contribution in [0.5, 0.6) is 5.75 Å². The van der Waals surface area contributed by atoms with E-state index in [2.05, 4.69) is 45.1 Å². The fourth-order valence-corrected chi connectivity index (χ4v) is 2.77. The molecule has 0 saturated heterocycles. The first-order valence-electron chi connectivity index (χ1n) is 8.00. The van der Waals surface area contributed by atoms with Crippen LogP contribution in [0, 0.1) is 13.8 Å². The van der Waals surface area contributed by atoms with Gasteiger partial charge >= 0.3 is 0 Å². The Morgan fingerprint density at radius 2 is 1.81 bits per heavy atom. The summed E-state index contributed by atoms with van der Waals surface area (Å²) in [5.41, 5.74) is 3.67. The Bertz CT molecular complexity index is 431. The first-order chi connectivity index (χ1) is 10.1. The van der Waals surface area contributed by atoms with E-state index in [9.17, 15) is 0 Å². The highest BCUT2D eigenvalue weighted by molar-refractivity contribution is 5.47. The third kappa shape index (κ3) is 4.45. The molecule has 0 aromatic heterocycles. The molecule has 2 atom stereocenters. The number of hydrogen-bond acceptors (Lipinski definition) is 3. The molecule has 0 bridgehead atoms. The van der Waals surface area contributed by atoms with Crippen LogP contribution in [0.1, 0.15) is 55.8 Å². The van der Waals surface area contributed by atoms with Crippen molar-refractivity contribution < 1.29 is 9.47 Å². The van der Waals surface area contributed by atoms with Crippen LogP contribution in [0.15, 0.2) is 12.1 Å². The Kier molecular flexibility index (Phi) is 7.76. The lowest BCUT2D eigenvalue weighted by molar-refractivity contribution is 0.0598. The maximum Gasteiger partial charge on any atom is 0.126 e. The van der Waals surface area contributed by atoms with Crippen molar-refractivity contribution >= 4 is 0 Å². The topological polar surface area (TPSA) is 30.5 Å². The fourth-order valence-electron chi connectivity index (χ4n) is 2.77. The first kappa shape index (κ1) is 18.0. The molecule has 0 fully saturated rings. The number of benzene rings is 1. The molecule has 21 heavy (non-hydrogen) atoms. The van der Waals surface area contributed by atoms with Gasteiger partial charge in [-0.2, -0.15) is 0 Å². The van der Waals surface area contributed by atoms with Crippen molar-refractivity contribution in [3.05, 3.63) is 28.8 Å². The van der Waals surface area contributed by atoms with Crippen LogP contribution in [0.2, 0.25) is 0 Å². The van der Waals surface area contributed by atoms with E-state index in [1.165, 1.54) is 16.7 Å². The summed E-state index contributed by atoms with van der Waals surface area (Å²) in [5, 5.41) is 3.64. The number of aryl methyl sites for hydroxylation is 1. The van der Waals surface area contributed by atoms with Gasteiger partial charge in [-0.15, -0.1) is 0 Å². The maximum atomic E-state index is 5.76. The van der Waals surface area contributed by atoms with Crippen molar-refractivity contribution in [3.8, 4) is 5.75 Å². The monoisotopic (exact) mass is 293 g/mol. The van der Waals surface area contributed by atoms with Crippen molar-refractivity contribution in [1.29, 1.82) is 0 Å². The molecule has 0 aliphatic heterocycles. The highest BCUT2D eigenvalue weighted by Gasteiger charge is 2.25. The summed E-state index contributed by atoms with van der Waals surface area (Å²) < 4.78 is 11.5. The molecule has 3 nitrogen and oxygen atoms in total. The summed E-state index contributed by atoms with van der Waals surface area (Å²) >= 11 is 0. The lowest BCUT2D eigenvalue weighted by Crippen LogP contribution is -2.34. The highest BCUT2D eigenvalue weighted by Crippen LogP contribution is 2.34. The minimum Gasteiger partial charge on any atom is -0.496 e. The molecule has 0 radical (unpaired) electrons. The molecule has 0 spiro atoms. The van der Waals surface area contributed by atoms with Crippen molar-refractivity contribution in [3.63, 3.8) is 0 Å². The van der Waals surface area contributed by atoms with Gasteiger partial charge in [0.15, 0.2) is 0 Å². The van der Waals surface area contributed by atoms with Gasteiger partial charge in [0.25, 0.3) is 0 Å². The van der Waals surface area contributed by atoms with Crippen molar-refractivity contribution in [2.45, 2.75) is 59.1 Å². The molecule has 120 valence electrons. The Morgan fingerprint density at radius 1 is 1.10 bits per heavy atom. The largest absolute Gasteiger partial charge is 0.496 e. The molecule has 1 aromatic carbocycles. The molecule has 3 heteroatoms. The second-order valence-electron chi connectivity index (χ2n) is 5.62. The Morgan fingerprint density at radius 3 is 2.33 bits per heavy atom. The lowest BCUT2D eigenvalue weighted by atomic mass is 9.93. The quantitative estimate of drug-likeness (QED) is 0.741. The minimum absolute atomic E-state index is 0.164. The van der Waals surface area contributed by atoms with E-state index in [4.69, 9.17) is 9.47 Å². The van der Waals surface area contributed by atoms with E-state index >= 15 is 0 Å². The number of nitrogens with one attached hydrogen (secondary N) is 1.